The van der Waals surface area contributed by atoms with E-state index in [9.17, 15) is 18.5 Å². The van der Waals surface area contributed by atoms with Crippen LogP contribution in [-0.2, 0) is 14.8 Å². The second kappa shape index (κ2) is 10.8. The first kappa shape index (κ1) is 24.9. The summed E-state index contributed by atoms with van der Waals surface area (Å²) in [4.78, 5) is 16.6. The summed E-state index contributed by atoms with van der Waals surface area (Å²) in [6, 6.07) is 9.31. The molecule has 0 aliphatic heterocycles. The van der Waals surface area contributed by atoms with Crippen LogP contribution in [0.4, 0.5) is 11.5 Å². The van der Waals surface area contributed by atoms with Crippen molar-refractivity contribution < 1.29 is 17.9 Å². The number of nitrogens with zero attached hydrogens (tertiary/aromatic N) is 4. The number of nitrogens with two attached hydrogens (primary N) is 1. The van der Waals surface area contributed by atoms with E-state index in [4.69, 9.17) is 15.7 Å². The number of carbonyl (C=O) groups is 1. The molecule has 0 spiro atoms. The molecule has 1 heterocycles. The molecule has 0 saturated heterocycles. The van der Waals surface area contributed by atoms with Crippen molar-refractivity contribution in [2.75, 3.05) is 37.0 Å². The van der Waals surface area contributed by atoms with Crippen LogP contribution in [0.25, 0.3) is 0 Å². The van der Waals surface area contributed by atoms with Gasteiger partial charge in [-0.05, 0) is 24.3 Å². The molecule has 1 aromatic carbocycles. The molecular formula is C20H22N6O4S2. The van der Waals surface area contributed by atoms with E-state index < -0.39 is 15.9 Å². The fraction of sp³-hybridized carbons (Fsp3) is 0.300. The van der Waals surface area contributed by atoms with Crippen molar-refractivity contribution in [2.45, 2.75) is 23.8 Å². The highest BCUT2D eigenvalue weighted by atomic mass is 32.2. The van der Waals surface area contributed by atoms with E-state index in [1.165, 1.54) is 35.7 Å². The van der Waals surface area contributed by atoms with Crippen molar-refractivity contribution in [3.8, 4) is 17.9 Å². The smallest absolute Gasteiger partial charge is 0.243 e. The summed E-state index contributed by atoms with van der Waals surface area (Å²) in [6.45, 7) is 4.10. The predicted octanol–water partition coefficient (Wildman–Crippen LogP) is 2.18. The molecule has 0 radical (unpaired) electrons. The lowest BCUT2D eigenvalue weighted by molar-refractivity contribution is -0.113. The highest BCUT2D eigenvalue weighted by Gasteiger charge is 2.23. The number of nitriles is 2. The number of aromatic nitrogens is 1. The second-order valence-corrected chi connectivity index (χ2v) is 9.19. The van der Waals surface area contributed by atoms with Gasteiger partial charge in [0.1, 0.15) is 28.7 Å². The zero-order valence-corrected chi connectivity index (χ0v) is 19.4. The third kappa shape index (κ3) is 5.48. The topological polar surface area (TPSA) is 162 Å². The van der Waals surface area contributed by atoms with Crippen LogP contribution in [0, 0.1) is 22.7 Å². The number of ether oxygens (including phenoxy) is 1. The summed E-state index contributed by atoms with van der Waals surface area (Å²) >= 11 is 0.965. The van der Waals surface area contributed by atoms with Crippen molar-refractivity contribution in [2.24, 2.45) is 0 Å². The number of nitrogens with one attached hydrogen (secondary N) is 1. The van der Waals surface area contributed by atoms with Gasteiger partial charge < -0.3 is 15.8 Å². The molecule has 12 heteroatoms. The van der Waals surface area contributed by atoms with Gasteiger partial charge in [0, 0.05) is 13.1 Å². The summed E-state index contributed by atoms with van der Waals surface area (Å²) in [5.41, 5.74) is 6.09. The van der Waals surface area contributed by atoms with E-state index >= 15 is 0 Å². The molecular weight excluding hydrogens is 452 g/mol. The molecule has 1 amide bonds. The summed E-state index contributed by atoms with van der Waals surface area (Å²) in [7, 11) is -2.32. The molecule has 1 aromatic heterocycles. The first-order valence-electron chi connectivity index (χ1n) is 9.43. The Bertz CT molecular complexity index is 1200. The molecule has 0 saturated carbocycles. The molecule has 2 rings (SSSR count). The number of hydrogen-bond acceptors (Lipinski definition) is 9. The van der Waals surface area contributed by atoms with Crippen LogP contribution in [0.5, 0.6) is 5.75 Å². The Morgan fingerprint density at radius 1 is 1.22 bits per heavy atom. The number of methoxy groups -OCH3 is 1. The molecule has 0 bridgehead atoms. The maximum atomic E-state index is 12.8. The highest BCUT2D eigenvalue weighted by Crippen LogP contribution is 2.30. The predicted molar refractivity (Wildman–Crippen MR) is 121 cm³/mol. The lowest BCUT2D eigenvalue weighted by Crippen LogP contribution is -2.30. The Morgan fingerprint density at radius 2 is 1.88 bits per heavy atom. The van der Waals surface area contributed by atoms with Crippen LogP contribution in [0.15, 0.2) is 34.2 Å². The van der Waals surface area contributed by atoms with Gasteiger partial charge in [-0.25, -0.2) is 13.4 Å². The van der Waals surface area contributed by atoms with E-state index in [0.717, 1.165) is 11.8 Å². The first-order valence-corrected chi connectivity index (χ1v) is 11.9. The SMILES string of the molecule is CCN(CC)S(=O)(=O)c1ccc(OC)c(NC(=O)CSc2nc(N)c(C#N)cc2C#N)c1. The van der Waals surface area contributed by atoms with Crippen LogP contribution in [0.2, 0.25) is 0 Å². The Labute approximate surface area is 191 Å². The third-order valence-electron chi connectivity index (χ3n) is 4.39. The number of benzene rings is 1. The number of sulfonamides is 1. The highest BCUT2D eigenvalue weighted by molar-refractivity contribution is 8.00. The van der Waals surface area contributed by atoms with Crippen LogP contribution in [0.1, 0.15) is 25.0 Å². The molecule has 0 unspecified atom stereocenters. The fourth-order valence-corrected chi connectivity index (χ4v) is 5.02. The zero-order chi connectivity index (χ0) is 23.9. The number of pyridine rings is 1. The molecule has 0 fully saturated rings. The van der Waals surface area contributed by atoms with Crippen LogP contribution in [-0.4, -0.2) is 49.6 Å². The quantitative estimate of drug-likeness (QED) is 0.519. The van der Waals surface area contributed by atoms with Gasteiger partial charge in [-0.1, -0.05) is 25.6 Å². The molecule has 0 aliphatic carbocycles. The molecule has 0 aliphatic rings. The van der Waals surface area contributed by atoms with Crippen molar-refractivity contribution in [1.29, 1.82) is 10.5 Å². The average Bonchev–Trinajstić information content (AvgIpc) is 2.78. The second-order valence-electron chi connectivity index (χ2n) is 6.29. The van der Waals surface area contributed by atoms with Gasteiger partial charge >= 0.3 is 0 Å². The number of hydrogen-bond donors (Lipinski definition) is 2. The minimum Gasteiger partial charge on any atom is -0.495 e. The molecule has 32 heavy (non-hydrogen) atoms. The standard InChI is InChI=1S/C20H22N6O4S2/c1-4-26(5-2)32(28,29)15-6-7-17(30-3)16(9-15)24-18(27)12-31-20-14(11-22)8-13(10-21)19(23)25-20/h6-9H,4-5,12H2,1-3H3,(H2,23,25)(H,24,27). The normalized spacial score (nSPS) is 10.9. The molecule has 3 N–H and O–H groups in total. The van der Waals surface area contributed by atoms with Gasteiger partial charge in [0.25, 0.3) is 0 Å². The maximum Gasteiger partial charge on any atom is 0.243 e. The molecule has 2 aromatic rings. The van der Waals surface area contributed by atoms with E-state index in [0.29, 0.717) is 18.8 Å². The van der Waals surface area contributed by atoms with E-state index in [2.05, 4.69) is 10.3 Å². The number of nitrogen functional groups attached to an aromatic ring is 1. The summed E-state index contributed by atoms with van der Waals surface area (Å²) in [5.74, 6) is -0.353. The van der Waals surface area contributed by atoms with E-state index in [-0.39, 0.29) is 38.3 Å². The monoisotopic (exact) mass is 474 g/mol. The van der Waals surface area contributed by atoms with Crippen molar-refractivity contribution in [3.63, 3.8) is 0 Å². The van der Waals surface area contributed by atoms with Crippen LogP contribution in [0.3, 0.4) is 0 Å². The Hall–Kier alpha value is -3.32. The van der Waals surface area contributed by atoms with Crippen LogP contribution >= 0.6 is 11.8 Å². The Kier molecular flexibility index (Phi) is 8.43. The summed E-state index contributed by atoms with van der Waals surface area (Å²) in [6.07, 6.45) is 0. The molecule has 168 valence electrons. The minimum absolute atomic E-state index is 0.0262. The number of carbonyl (C=O) groups excluding carboxylic acids is 1. The summed E-state index contributed by atoms with van der Waals surface area (Å²) in [5, 5.41) is 21.1. The first-order chi connectivity index (χ1) is 15.2. The number of rotatable bonds is 9. The van der Waals surface area contributed by atoms with Gasteiger partial charge in [0.2, 0.25) is 15.9 Å². The molecule has 0 atom stereocenters. The zero-order valence-electron chi connectivity index (χ0n) is 17.7. The average molecular weight is 475 g/mol. The van der Waals surface area contributed by atoms with Crippen molar-refractivity contribution in [3.05, 3.63) is 35.4 Å². The third-order valence-corrected chi connectivity index (χ3v) is 7.42. The van der Waals surface area contributed by atoms with Gasteiger partial charge in [0.15, 0.2) is 0 Å². The number of anilines is 2. The maximum absolute atomic E-state index is 12.8. The van der Waals surface area contributed by atoms with E-state index in [1.807, 2.05) is 12.1 Å². The van der Waals surface area contributed by atoms with Gasteiger partial charge in [-0.15, -0.1) is 0 Å². The van der Waals surface area contributed by atoms with Crippen molar-refractivity contribution >= 4 is 39.2 Å². The number of thioether (sulfide) groups is 1. The fourth-order valence-electron chi connectivity index (χ4n) is 2.77. The summed E-state index contributed by atoms with van der Waals surface area (Å²) < 4.78 is 32.1. The lowest BCUT2D eigenvalue weighted by atomic mass is 10.2. The minimum atomic E-state index is -3.73. The number of amides is 1. The van der Waals surface area contributed by atoms with Crippen molar-refractivity contribution in [1.82, 2.24) is 9.29 Å². The Balaban J connectivity index is 2.24. The largest absolute Gasteiger partial charge is 0.495 e. The van der Waals surface area contributed by atoms with Gasteiger partial charge in [-0.2, -0.15) is 14.8 Å². The van der Waals surface area contributed by atoms with Gasteiger partial charge in [0.05, 0.1) is 34.6 Å². The molecule has 10 nitrogen and oxygen atoms in total. The van der Waals surface area contributed by atoms with Crippen LogP contribution < -0.4 is 15.8 Å². The Morgan fingerprint density at radius 3 is 2.44 bits per heavy atom. The lowest BCUT2D eigenvalue weighted by Gasteiger charge is -2.19. The van der Waals surface area contributed by atoms with E-state index in [1.54, 1.807) is 13.8 Å². The van der Waals surface area contributed by atoms with Gasteiger partial charge in [-0.3, -0.25) is 4.79 Å².